The molecule has 0 aliphatic carbocycles. The molecule has 0 rings (SSSR count). The highest BCUT2D eigenvalue weighted by Crippen LogP contribution is 2.50. The van der Waals surface area contributed by atoms with Gasteiger partial charge in [0.1, 0.15) is 0 Å². The van der Waals surface area contributed by atoms with E-state index >= 15 is 0 Å². The number of nitrogens with one attached hydrogen (secondary N) is 1. The van der Waals surface area contributed by atoms with E-state index in [1.54, 1.807) is 27.7 Å². The van der Waals surface area contributed by atoms with Crippen molar-refractivity contribution in [3.05, 3.63) is 0 Å². The van der Waals surface area contributed by atoms with Gasteiger partial charge in [-0.3, -0.25) is 18.7 Å². The van der Waals surface area contributed by atoms with Crippen LogP contribution in [0.15, 0.2) is 0 Å². The van der Waals surface area contributed by atoms with Crippen molar-refractivity contribution >= 4 is 13.2 Å². The van der Waals surface area contributed by atoms with Crippen LogP contribution in [0, 0.1) is 0 Å². The van der Waals surface area contributed by atoms with E-state index in [0.29, 0.717) is 0 Å². The van der Waals surface area contributed by atoms with Crippen LogP contribution in [-0.4, -0.2) is 25.0 Å². The molecule has 0 saturated heterocycles. The van der Waals surface area contributed by atoms with Crippen LogP contribution >= 0.6 is 7.60 Å². The maximum absolute atomic E-state index is 12.0. The van der Waals surface area contributed by atoms with E-state index in [4.69, 9.17) is 9.05 Å². The largest absolute Gasteiger partial charge is 0.420 e. The van der Waals surface area contributed by atoms with Crippen molar-refractivity contribution in [1.29, 1.82) is 0 Å². The quantitative estimate of drug-likeness (QED) is 0.568. The molecule has 6 nitrogen and oxygen atoms in total. The van der Waals surface area contributed by atoms with Gasteiger partial charge in [0.05, 0.1) is 19.3 Å². The number of carbonyl (C=O) groups is 1. The second kappa shape index (κ2) is 6.23. The zero-order valence-electron chi connectivity index (χ0n) is 9.64. The van der Waals surface area contributed by atoms with Crippen LogP contribution in [0.3, 0.4) is 0 Å². The Bertz CT molecular complexity index is 239. The Morgan fingerprint density at radius 2 is 1.53 bits per heavy atom. The molecule has 0 heterocycles. The van der Waals surface area contributed by atoms with Gasteiger partial charge in [-0.25, -0.2) is 10.0 Å². The molecule has 0 unspecified atom stereocenters. The molecule has 0 aromatic heterocycles. The van der Waals surface area contributed by atoms with Crippen LogP contribution < -0.4 is 5.48 Å². The molecule has 0 saturated carbocycles. The molecule has 0 radical (unpaired) electrons. The van der Waals surface area contributed by atoms with E-state index < -0.39 is 13.2 Å². The van der Waals surface area contributed by atoms with Crippen LogP contribution in [0.2, 0.25) is 0 Å². The van der Waals surface area contributed by atoms with Gasteiger partial charge in [0, 0.05) is 0 Å². The summed E-state index contributed by atoms with van der Waals surface area (Å²) < 4.78 is 22.0. The number of hydroxylamine groups is 1. The predicted molar refractivity (Wildman–Crippen MR) is 55.6 cm³/mol. The summed E-state index contributed by atoms with van der Waals surface area (Å²) in [5.41, 5.74) is 1.05. The third-order valence-electron chi connectivity index (χ3n) is 1.14. The summed E-state index contributed by atoms with van der Waals surface area (Å²) in [5.74, 6) is 0. The van der Waals surface area contributed by atoms with Crippen molar-refractivity contribution in [2.75, 3.05) is 7.11 Å². The Morgan fingerprint density at radius 1 is 1.13 bits per heavy atom. The van der Waals surface area contributed by atoms with Crippen LogP contribution in [0.5, 0.6) is 0 Å². The molecule has 1 amide bonds. The Morgan fingerprint density at radius 3 is 1.80 bits per heavy atom. The highest BCUT2D eigenvalue weighted by molar-refractivity contribution is 7.71. The summed E-state index contributed by atoms with van der Waals surface area (Å²) in [7, 11) is -2.57. The molecule has 0 atom stereocenters. The summed E-state index contributed by atoms with van der Waals surface area (Å²) in [6.45, 7) is 6.65. The standard InChI is InChI=1S/C8H18NO5P/c1-6(2)13-15(11,14-7(3)4)8(10)9-12-5/h6-7H,1-5H3,(H,9,10). The van der Waals surface area contributed by atoms with Gasteiger partial charge < -0.3 is 0 Å². The van der Waals surface area contributed by atoms with Crippen molar-refractivity contribution in [2.24, 2.45) is 0 Å². The van der Waals surface area contributed by atoms with Crippen LogP contribution in [0.4, 0.5) is 4.79 Å². The molecule has 0 fully saturated rings. The highest BCUT2D eigenvalue weighted by atomic mass is 31.2. The Hall–Kier alpha value is -0.420. The van der Waals surface area contributed by atoms with Crippen LogP contribution in [0.1, 0.15) is 27.7 Å². The molecule has 1 N–H and O–H groups in total. The van der Waals surface area contributed by atoms with E-state index in [1.807, 2.05) is 5.48 Å². The minimum absolute atomic E-state index is 0.378. The van der Waals surface area contributed by atoms with Crippen LogP contribution in [-0.2, 0) is 18.5 Å². The summed E-state index contributed by atoms with van der Waals surface area (Å²) in [4.78, 5) is 15.8. The monoisotopic (exact) mass is 239 g/mol. The number of amides is 1. The first kappa shape index (κ1) is 14.6. The SMILES string of the molecule is CONC(=O)P(=O)(OC(C)C)OC(C)C. The fourth-order valence-electron chi connectivity index (χ4n) is 0.819. The van der Waals surface area contributed by atoms with E-state index in [1.165, 1.54) is 7.11 Å². The average Bonchev–Trinajstić information content (AvgIpc) is 2.01. The number of carbonyl (C=O) groups excluding carboxylic acids is 1. The number of hydrogen-bond donors (Lipinski definition) is 1. The van der Waals surface area contributed by atoms with Crippen molar-refractivity contribution in [3.8, 4) is 0 Å². The van der Waals surface area contributed by atoms with Crippen molar-refractivity contribution in [1.82, 2.24) is 5.48 Å². The van der Waals surface area contributed by atoms with Gasteiger partial charge in [-0.2, -0.15) is 0 Å². The van der Waals surface area contributed by atoms with Crippen LogP contribution in [0.25, 0.3) is 0 Å². The lowest BCUT2D eigenvalue weighted by Gasteiger charge is -2.20. The molecule has 0 aromatic carbocycles. The third kappa shape index (κ3) is 5.28. The lowest BCUT2D eigenvalue weighted by atomic mass is 10.5. The lowest BCUT2D eigenvalue weighted by Crippen LogP contribution is -2.24. The Labute approximate surface area is 89.8 Å². The van der Waals surface area contributed by atoms with Gasteiger partial charge in [0.25, 0.3) is 0 Å². The molecular weight excluding hydrogens is 221 g/mol. The third-order valence-corrected chi connectivity index (χ3v) is 3.12. The zero-order valence-corrected chi connectivity index (χ0v) is 10.5. The maximum Gasteiger partial charge on any atom is 0.420 e. The highest BCUT2D eigenvalue weighted by Gasteiger charge is 2.37. The Balaban J connectivity index is 4.69. The molecule has 0 aliphatic rings. The van der Waals surface area contributed by atoms with E-state index in [-0.39, 0.29) is 12.2 Å². The minimum Gasteiger partial charge on any atom is -0.299 e. The van der Waals surface area contributed by atoms with Gasteiger partial charge in [-0.15, -0.1) is 0 Å². The minimum atomic E-state index is -3.81. The molecule has 0 aliphatic heterocycles. The molecule has 0 spiro atoms. The van der Waals surface area contributed by atoms with Crippen molar-refractivity contribution in [2.45, 2.75) is 39.9 Å². The summed E-state index contributed by atoms with van der Waals surface area (Å²) in [6.07, 6.45) is -0.755. The van der Waals surface area contributed by atoms with Gasteiger partial charge >= 0.3 is 13.2 Å². The molecule has 0 aromatic rings. The van der Waals surface area contributed by atoms with E-state index in [9.17, 15) is 9.36 Å². The van der Waals surface area contributed by atoms with Gasteiger partial charge in [0.15, 0.2) is 0 Å². The summed E-state index contributed by atoms with van der Waals surface area (Å²) in [6, 6.07) is 0. The second-order valence-electron chi connectivity index (χ2n) is 3.42. The van der Waals surface area contributed by atoms with Gasteiger partial charge in [-0.05, 0) is 27.7 Å². The summed E-state index contributed by atoms with van der Waals surface area (Å²) in [5, 5.41) is 0. The zero-order chi connectivity index (χ0) is 12.1. The Kier molecular flexibility index (Phi) is 6.05. The fraction of sp³-hybridized carbons (Fsp3) is 0.875. The first-order chi connectivity index (χ1) is 6.81. The van der Waals surface area contributed by atoms with Crippen molar-refractivity contribution in [3.63, 3.8) is 0 Å². The smallest absolute Gasteiger partial charge is 0.299 e. The molecule has 90 valence electrons. The van der Waals surface area contributed by atoms with Crippen molar-refractivity contribution < 1.29 is 23.2 Å². The summed E-state index contributed by atoms with van der Waals surface area (Å²) >= 11 is 0. The normalized spacial score (nSPS) is 12.2. The fourth-order valence-corrected chi connectivity index (χ4v) is 2.37. The lowest BCUT2D eigenvalue weighted by molar-refractivity contribution is 0.102. The van der Waals surface area contributed by atoms with E-state index in [2.05, 4.69) is 4.84 Å². The molecule has 7 heteroatoms. The predicted octanol–water partition coefficient (Wildman–Crippen LogP) is 2.30. The molecule has 0 bridgehead atoms. The van der Waals surface area contributed by atoms with E-state index in [0.717, 1.165) is 0 Å². The maximum atomic E-state index is 12.0. The first-order valence-corrected chi connectivity index (χ1v) is 6.16. The van der Waals surface area contributed by atoms with Gasteiger partial charge in [-0.1, -0.05) is 0 Å². The topological polar surface area (TPSA) is 73.9 Å². The number of rotatable bonds is 6. The first-order valence-electron chi connectivity index (χ1n) is 4.62. The second-order valence-corrected chi connectivity index (χ2v) is 5.24. The molecule has 15 heavy (non-hydrogen) atoms. The molecular formula is C8H18NO5P. The number of hydrogen-bond acceptors (Lipinski definition) is 5. The average molecular weight is 239 g/mol. The van der Waals surface area contributed by atoms with Gasteiger partial charge in [0.2, 0.25) is 0 Å².